The SMILES string of the molecule is C=C(CC1=C(C)CC(C)(C)CC1=O)C(=O)OCCN=C=O. The molecule has 0 aromatic heterocycles. The van der Waals surface area contributed by atoms with Gasteiger partial charge in [0.2, 0.25) is 6.08 Å². The number of nitrogens with zero attached hydrogens (tertiary/aromatic N) is 1. The zero-order chi connectivity index (χ0) is 16.0. The lowest BCUT2D eigenvalue weighted by Crippen LogP contribution is -2.26. The van der Waals surface area contributed by atoms with Crippen LogP contribution in [0.3, 0.4) is 0 Å². The second kappa shape index (κ2) is 7.14. The molecule has 1 rings (SSSR count). The third-order valence-electron chi connectivity index (χ3n) is 3.41. The van der Waals surface area contributed by atoms with Crippen molar-refractivity contribution in [1.29, 1.82) is 0 Å². The number of Topliss-reactive ketones (excluding diaryl/α,β-unsaturated/α-hetero) is 1. The lowest BCUT2D eigenvalue weighted by molar-refractivity contribution is -0.138. The molecule has 0 fully saturated rings. The number of esters is 1. The molecule has 1 aliphatic rings. The molecule has 0 heterocycles. The average Bonchev–Trinajstić information content (AvgIpc) is 2.37. The first-order chi connectivity index (χ1) is 9.76. The van der Waals surface area contributed by atoms with Crippen LogP contribution in [0.1, 0.15) is 40.0 Å². The van der Waals surface area contributed by atoms with Gasteiger partial charge in [0.25, 0.3) is 0 Å². The Morgan fingerprint density at radius 2 is 2.10 bits per heavy atom. The third kappa shape index (κ3) is 5.12. The number of hydrogen-bond acceptors (Lipinski definition) is 5. The van der Waals surface area contributed by atoms with Gasteiger partial charge in [0, 0.05) is 18.4 Å². The molecule has 114 valence electrons. The molecule has 0 unspecified atom stereocenters. The molecule has 0 aromatic carbocycles. The fourth-order valence-electron chi connectivity index (χ4n) is 2.53. The summed E-state index contributed by atoms with van der Waals surface area (Å²) in [5.74, 6) is -0.489. The van der Waals surface area contributed by atoms with Gasteiger partial charge in [-0.25, -0.2) is 14.6 Å². The van der Waals surface area contributed by atoms with Gasteiger partial charge >= 0.3 is 5.97 Å². The van der Waals surface area contributed by atoms with Crippen LogP contribution in [0.15, 0.2) is 28.3 Å². The van der Waals surface area contributed by atoms with Gasteiger partial charge in [-0.3, -0.25) is 4.79 Å². The van der Waals surface area contributed by atoms with Gasteiger partial charge in [-0.05, 0) is 24.3 Å². The minimum Gasteiger partial charge on any atom is -0.460 e. The van der Waals surface area contributed by atoms with E-state index < -0.39 is 5.97 Å². The first kappa shape index (κ1) is 17.1. The molecular formula is C16H21NO4. The van der Waals surface area contributed by atoms with E-state index in [4.69, 9.17) is 4.74 Å². The van der Waals surface area contributed by atoms with Crippen LogP contribution in [0.2, 0.25) is 0 Å². The number of ether oxygens (including phenoxy) is 1. The lowest BCUT2D eigenvalue weighted by Gasteiger charge is -2.31. The standard InChI is InChI=1S/C16H21NO4/c1-11(15(20)21-6-5-17-10-18)7-13-12(2)8-16(3,4)9-14(13)19/h1,5-9H2,2-4H3. The molecule has 5 nitrogen and oxygen atoms in total. The van der Waals surface area contributed by atoms with Crippen molar-refractivity contribution in [2.75, 3.05) is 13.2 Å². The van der Waals surface area contributed by atoms with E-state index in [-0.39, 0.29) is 36.3 Å². The topological polar surface area (TPSA) is 72.8 Å². The van der Waals surface area contributed by atoms with Crippen molar-refractivity contribution in [3.8, 4) is 0 Å². The van der Waals surface area contributed by atoms with Gasteiger partial charge in [0.15, 0.2) is 5.78 Å². The Bertz CT molecular complexity index is 536. The van der Waals surface area contributed by atoms with Crippen LogP contribution in [-0.4, -0.2) is 31.0 Å². The summed E-state index contributed by atoms with van der Waals surface area (Å²) in [6.07, 6.45) is 2.90. The minimum absolute atomic E-state index is 0.00605. The number of aliphatic imine (C=N–C) groups is 1. The number of ketones is 1. The Kier molecular flexibility index (Phi) is 5.79. The van der Waals surface area contributed by atoms with Crippen molar-refractivity contribution in [2.24, 2.45) is 10.4 Å². The van der Waals surface area contributed by atoms with E-state index in [0.29, 0.717) is 12.0 Å². The van der Waals surface area contributed by atoms with Crippen molar-refractivity contribution in [3.05, 3.63) is 23.3 Å². The summed E-state index contributed by atoms with van der Waals surface area (Å²) in [4.78, 5) is 37.1. The van der Waals surface area contributed by atoms with E-state index in [9.17, 15) is 14.4 Å². The zero-order valence-corrected chi connectivity index (χ0v) is 12.8. The molecule has 0 spiro atoms. The van der Waals surface area contributed by atoms with Gasteiger partial charge in [-0.15, -0.1) is 0 Å². The van der Waals surface area contributed by atoms with Crippen molar-refractivity contribution < 1.29 is 19.1 Å². The summed E-state index contributed by atoms with van der Waals surface area (Å²) >= 11 is 0. The summed E-state index contributed by atoms with van der Waals surface area (Å²) in [6, 6.07) is 0. The Morgan fingerprint density at radius 1 is 1.43 bits per heavy atom. The van der Waals surface area contributed by atoms with E-state index in [0.717, 1.165) is 12.0 Å². The first-order valence-electron chi connectivity index (χ1n) is 6.87. The van der Waals surface area contributed by atoms with Crippen LogP contribution in [0, 0.1) is 5.41 Å². The van der Waals surface area contributed by atoms with Crippen LogP contribution in [0.25, 0.3) is 0 Å². The highest BCUT2D eigenvalue weighted by Crippen LogP contribution is 2.38. The summed E-state index contributed by atoms with van der Waals surface area (Å²) < 4.78 is 4.91. The molecule has 0 N–H and O–H groups in total. The van der Waals surface area contributed by atoms with Crippen molar-refractivity contribution in [2.45, 2.75) is 40.0 Å². The highest BCUT2D eigenvalue weighted by molar-refractivity contribution is 6.00. The Balaban J connectivity index is 2.63. The zero-order valence-electron chi connectivity index (χ0n) is 12.8. The van der Waals surface area contributed by atoms with Gasteiger partial charge in [0.05, 0.1) is 6.54 Å². The molecule has 5 heteroatoms. The number of carbonyl (C=O) groups is 2. The molecule has 0 saturated carbocycles. The van der Waals surface area contributed by atoms with E-state index in [1.165, 1.54) is 6.08 Å². The minimum atomic E-state index is -0.561. The highest BCUT2D eigenvalue weighted by atomic mass is 16.5. The number of hydrogen-bond donors (Lipinski definition) is 0. The largest absolute Gasteiger partial charge is 0.460 e. The quantitative estimate of drug-likeness (QED) is 0.248. The maximum Gasteiger partial charge on any atom is 0.333 e. The Hall–Kier alpha value is -2.00. The molecule has 0 bridgehead atoms. The molecular weight excluding hydrogens is 270 g/mol. The number of carbonyl (C=O) groups excluding carboxylic acids is 3. The molecule has 0 aromatic rings. The average molecular weight is 291 g/mol. The highest BCUT2D eigenvalue weighted by Gasteiger charge is 2.31. The maximum atomic E-state index is 12.2. The second-order valence-corrected chi connectivity index (χ2v) is 6.09. The van der Waals surface area contributed by atoms with Gasteiger partial charge in [-0.1, -0.05) is 26.0 Å². The van der Waals surface area contributed by atoms with Crippen LogP contribution in [-0.2, 0) is 19.1 Å². The van der Waals surface area contributed by atoms with Crippen LogP contribution in [0.5, 0.6) is 0 Å². The summed E-state index contributed by atoms with van der Waals surface area (Å²) in [5.41, 5.74) is 1.89. The molecule has 21 heavy (non-hydrogen) atoms. The van der Waals surface area contributed by atoms with Crippen molar-refractivity contribution in [3.63, 3.8) is 0 Å². The van der Waals surface area contributed by atoms with Crippen molar-refractivity contribution >= 4 is 17.8 Å². The normalized spacial score (nSPS) is 17.2. The predicted octanol–water partition coefficient (Wildman–Crippen LogP) is 2.52. The van der Waals surface area contributed by atoms with E-state index >= 15 is 0 Å². The van der Waals surface area contributed by atoms with Crippen LogP contribution >= 0.6 is 0 Å². The Labute approximate surface area is 124 Å². The van der Waals surface area contributed by atoms with E-state index in [1.807, 2.05) is 6.92 Å². The lowest BCUT2D eigenvalue weighted by atomic mass is 9.73. The summed E-state index contributed by atoms with van der Waals surface area (Å²) in [6.45, 7) is 9.81. The molecule has 0 saturated heterocycles. The number of rotatable bonds is 6. The van der Waals surface area contributed by atoms with Gasteiger partial charge < -0.3 is 4.74 Å². The molecule has 0 radical (unpaired) electrons. The van der Waals surface area contributed by atoms with Crippen LogP contribution < -0.4 is 0 Å². The molecule has 0 amide bonds. The van der Waals surface area contributed by atoms with Gasteiger partial charge in [0.1, 0.15) is 6.61 Å². The molecule has 1 aliphatic carbocycles. The van der Waals surface area contributed by atoms with E-state index in [2.05, 4.69) is 25.4 Å². The maximum absolute atomic E-state index is 12.2. The molecule has 0 aliphatic heterocycles. The summed E-state index contributed by atoms with van der Waals surface area (Å²) in [5, 5.41) is 0. The fourth-order valence-corrected chi connectivity index (χ4v) is 2.53. The number of isocyanates is 1. The fraction of sp³-hybridized carbons (Fsp3) is 0.562. The summed E-state index contributed by atoms with van der Waals surface area (Å²) in [7, 11) is 0. The second-order valence-electron chi connectivity index (χ2n) is 6.09. The van der Waals surface area contributed by atoms with E-state index in [1.54, 1.807) is 0 Å². The monoisotopic (exact) mass is 291 g/mol. The smallest absolute Gasteiger partial charge is 0.333 e. The van der Waals surface area contributed by atoms with Gasteiger partial charge in [-0.2, -0.15) is 0 Å². The van der Waals surface area contributed by atoms with Crippen molar-refractivity contribution in [1.82, 2.24) is 0 Å². The predicted molar refractivity (Wildman–Crippen MR) is 78.4 cm³/mol. The van der Waals surface area contributed by atoms with Crippen LogP contribution in [0.4, 0.5) is 0 Å². The third-order valence-corrected chi connectivity index (χ3v) is 3.41. The molecule has 0 atom stereocenters. The first-order valence-corrected chi connectivity index (χ1v) is 6.87. The number of allylic oxidation sites excluding steroid dienone is 2. The Morgan fingerprint density at radius 3 is 2.67 bits per heavy atom.